The van der Waals surface area contributed by atoms with Gasteiger partial charge in [-0.25, -0.2) is 0 Å². The normalized spacial score (nSPS) is 30.3. The monoisotopic (exact) mass is 523 g/mol. The molecule has 3 fully saturated rings. The van der Waals surface area contributed by atoms with E-state index in [1.54, 1.807) is 28.9 Å². The maximum atomic E-state index is 14.3. The molecule has 6 atom stereocenters. The van der Waals surface area contributed by atoms with E-state index in [-0.39, 0.29) is 30.4 Å². The highest BCUT2D eigenvalue weighted by molar-refractivity contribution is 5.99. The molecule has 8 heteroatoms. The number of likely N-dealkylation sites (tertiary alicyclic amines) is 1. The van der Waals surface area contributed by atoms with Crippen LogP contribution in [0.5, 0.6) is 0 Å². The van der Waals surface area contributed by atoms with Crippen molar-refractivity contribution < 1.29 is 24.2 Å². The van der Waals surface area contributed by atoms with Gasteiger partial charge >= 0.3 is 0 Å². The summed E-state index contributed by atoms with van der Waals surface area (Å²) in [7, 11) is 0. The van der Waals surface area contributed by atoms with Crippen molar-refractivity contribution in [1.82, 2.24) is 14.7 Å². The Morgan fingerprint density at radius 3 is 2.37 bits per heavy atom. The zero-order valence-corrected chi connectivity index (χ0v) is 23.0. The number of hydrogen-bond acceptors (Lipinski definition) is 5. The van der Waals surface area contributed by atoms with E-state index in [2.05, 4.69) is 13.2 Å². The molecule has 3 aliphatic rings. The van der Waals surface area contributed by atoms with Gasteiger partial charge in [-0.1, -0.05) is 42.5 Å². The summed E-state index contributed by atoms with van der Waals surface area (Å²) in [6.07, 6.45) is 4.41. The molecule has 206 valence electrons. The molecule has 4 rings (SSSR count). The van der Waals surface area contributed by atoms with E-state index in [1.807, 2.05) is 51.1 Å². The third-order valence-corrected chi connectivity index (χ3v) is 8.56. The van der Waals surface area contributed by atoms with Crippen LogP contribution in [0.25, 0.3) is 0 Å². The highest BCUT2D eigenvalue weighted by Gasteiger charge is 2.78. The van der Waals surface area contributed by atoms with E-state index in [4.69, 9.17) is 4.74 Å². The second kappa shape index (κ2) is 10.7. The quantitative estimate of drug-likeness (QED) is 0.451. The molecule has 1 spiro atoms. The average Bonchev–Trinajstić information content (AvgIpc) is 3.47. The van der Waals surface area contributed by atoms with Crippen molar-refractivity contribution in [3.63, 3.8) is 0 Å². The molecular weight excluding hydrogens is 482 g/mol. The van der Waals surface area contributed by atoms with Gasteiger partial charge in [0, 0.05) is 25.7 Å². The van der Waals surface area contributed by atoms with Crippen LogP contribution in [0.2, 0.25) is 0 Å². The highest BCUT2D eigenvalue weighted by Crippen LogP contribution is 2.63. The molecule has 1 aromatic carbocycles. The summed E-state index contributed by atoms with van der Waals surface area (Å²) in [5.41, 5.74) is -1.03. The van der Waals surface area contributed by atoms with Gasteiger partial charge in [0.05, 0.1) is 30.1 Å². The predicted molar refractivity (Wildman–Crippen MR) is 145 cm³/mol. The lowest BCUT2D eigenvalue weighted by Crippen LogP contribution is -2.59. The Morgan fingerprint density at radius 2 is 1.79 bits per heavy atom. The summed E-state index contributed by atoms with van der Waals surface area (Å²) in [5, 5.41) is 10.1. The van der Waals surface area contributed by atoms with Crippen LogP contribution >= 0.6 is 0 Å². The number of aliphatic hydroxyl groups is 1. The molecule has 0 aliphatic carbocycles. The zero-order valence-electron chi connectivity index (χ0n) is 23.0. The number of hydrogen-bond donors (Lipinski definition) is 1. The maximum Gasteiger partial charge on any atom is 0.248 e. The number of ether oxygens (including phenoxy) is 1. The minimum Gasteiger partial charge on any atom is -0.394 e. The molecule has 8 nitrogen and oxygen atoms in total. The van der Waals surface area contributed by atoms with Crippen molar-refractivity contribution in [3.8, 4) is 0 Å². The molecule has 3 saturated heterocycles. The summed E-state index contributed by atoms with van der Waals surface area (Å²) in [5.74, 6) is -2.26. The summed E-state index contributed by atoms with van der Waals surface area (Å²) in [6, 6.07) is 8.05. The Bertz CT molecular complexity index is 1090. The first-order valence-corrected chi connectivity index (χ1v) is 13.5. The smallest absolute Gasteiger partial charge is 0.248 e. The fraction of sp³-hybridized carbons (Fsp3) is 0.567. The molecule has 3 amide bonds. The minimum atomic E-state index is -1.13. The van der Waals surface area contributed by atoms with Crippen LogP contribution < -0.4 is 0 Å². The van der Waals surface area contributed by atoms with Gasteiger partial charge in [-0.2, -0.15) is 0 Å². The topological polar surface area (TPSA) is 90.4 Å². The van der Waals surface area contributed by atoms with Crippen molar-refractivity contribution >= 4 is 17.7 Å². The van der Waals surface area contributed by atoms with E-state index >= 15 is 0 Å². The molecular formula is C30H41N3O5. The van der Waals surface area contributed by atoms with Gasteiger partial charge in [0.2, 0.25) is 17.7 Å². The molecule has 1 aromatic rings. The molecule has 38 heavy (non-hydrogen) atoms. The van der Waals surface area contributed by atoms with Gasteiger partial charge in [0.25, 0.3) is 0 Å². The highest BCUT2D eigenvalue weighted by atomic mass is 16.5. The van der Waals surface area contributed by atoms with Crippen LogP contribution in [0, 0.1) is 11.8 Å². The fourth-order valence-electron chi connectivity index (χ4n) is 6.82. The second-order valence-corrected chi connectivity index (χ2v) is 11.4. The van der Waals surface area contributed by atoms with Crippen molar-refractivity contribution in [2.75, 3.05) is 19.7 Å². The van der Waals surface area contributed by atoms with Gasteiger partial charge in [-0.05, 0) is 46.1 Å². The number of nitrogens with zero attached hydrogens (tertiary/aromatic N) is 3. The number of carbonyl (C=O) groups excluding carboxylic acids is 3. The first kappa shape index (κ1) is 28.0. The first-order valence-electron chi connectivity index (χ1n) is 13.5. The molecule has 1 N–H and O–H groups in total. The largest absolute Gasteiger partial charge is 0.394 e. The van der Waals surface area contributed by atoms with Crippen LogP contribution in [0.15, 0.2) is 55.6 Å². The van der Waals surface area contributed by atoms with E-state index in [0.717, 1.165) is 5.56 Å². The van der Waals surface area contributed by atoms with Crippen molar-refractivity contribution in [2.45, 2.75) is 76.4 Å². The van der Waals surface area contributed by atoms with Crippen LogP contribution in [0.1, 0.15) is 46.1 Å². The maximum absolute atomic E-state index is 14.3. The molecule has 0 radical (unpaired) electrons. The molecule has 3 aliphatic heterocycles. The predicted octanol–water partition coefficient (Wildman–Crippen LogP) is 2.77. The van der Waals surface area contributed by atoms with E-state index in [1.165, 1.54) is 4.90 Å². The lowest BCUT2D eigenvalue weighted by molar-refractivity contribution is -0.157. The molecule has 2 unspecified atom stereocenters. The zero-order chi connectivity index (χ0) is 27.8. The van der Waals surface area contributed by atoms with Gasteiger partial charge < -0.3 is 24.5 Å². The summed E-state index contributed by atoms with van der Waals surface area (Å²) in [6.45, 7) is 15.9. The van der Waals surface area contributed by atoms with Crippen molar-refractivity contribution in [1.29, 1.82) is 0 Å². The van der Waals surface area contributed by atoms with Gasteiger partial charge in [-0.15, -0.1) is 13.2 Å². The Hall–Kier alpha value is -2.97. The number of fused-ring (bicyclic) bond motifs is 1. The molecule has 0 saturated carbocycles. The Balaban J connectivity index is 1.77. The summed E-state index contributed by atoms with van der Waals surface area (Å²) < 4.78 is 6.73. The van der Waals surface area contributed by atoms with E-state index in [0.29, 0.717) is 32.5 Å². The van der Waals surface area contributed by atoms with Crippen LogP contribution in [-0.4, -0.2) is 86.6 Å². The van der Waals surface area contributed by atoms with E-state index < -0.39 is 35.1 Å². The Kier molecular flexibility index (Phi) is 7.86. The third kappa shape index (κ3) is 4.37. The molecule has 3 heterocycles. The first-order chi connectivity index (χ1) is 18.1. The van der Waals surface area contributed by atoms with Crippen molar-refractivity contribution in [3.05, 3.63) is 61.2 Å². The summed E-state index contributed by atoms with van der Waals surface area (Å²) in [4.78, 5) is 47.5. The Labute approximate surface area is 225 Å². The van der Waals surface area contributed by atoms with Gasteiger partial charge in [0.1, 0.15) is 11.6 Å². The third-order valence-electron chi connectivity index (χ3n) is 8.56. The van der Waals surface area contributed by atoms with Gasteiger partial charge in [0.15, 0.2) is 0 Å². The number of rotatable bonds is 11. The lowest BCUT2D eigenvalue weighted by Gasteiger charge is -2.39. The number of carbonyl (C=O) groups is 3. The van der Waals surface area contributed by atoms with Gasteiger partial charge in [-0.3, -0.25) is 14.4 Å². The minimum absolute atomic E-state index is 0.127. The van der Waals surface area contributed by atoms with Crippen LogP contribution in [0.4, 0.5) is 0 Å². The summed E-state index contributed by atoms with van der Waals surface area (Å²) >= 11 is 0. The van der Waals surface area contributed by atoms with E-state index in [9.17, 15) is 19.5 Å². The molecule has 0 aromatic heterocycles. The fourth-order valence-corrected chi connectivity index (χ4v) is 6.82. The standard InChI is InChI=1S/C30H41N3O5/c1-7-16-31(18-22-12-10-9-11-13-22)26(35)23-24-27(36)33(21(5)19-34)25(28(37)32(17-8-2)20(3)4)30(24)15-14-29(23,6)38-30/h7-13,20-21,23-25,34H,1-2,14-19H2,3-6H3/t21-,23-,24+,25?,29+,30?/m1/s1. The second-order valence-electron chi connectivity index (χ2n) is 11.4. The Morgan fingerprint density at radius 1 is 1.13 bits per heavy atom. The average molecular weight is 524 g/mol. The lowest BCUT2D eigenvalue weighted by atomic mass is 9.66. The molecule has 2 bridgehead atoms. The number of benzene rings is 1. The van der Waals surface area contributed by atoms with Crippen LogP contribution in [-0.2, 0) is 25.7 Å². The number of amides is 3. The van der Waals surface area contributed by atoms with Crippen LogP contribution in [0.3, 0.4) is 0 Å². The SMILES string of the molecule is C=CCN(Cc1ccccc1)C(=O)[C@H]1[C@H]2C(=O)N([C@H](C)CO)C(C(=O)N(CC=C)C(C)C)C23CC[C@]1(C)O3. The number of aliphatic hydroxyl groups excluding tert-OH is 1. The van der Waals surface area contributed by atoms with Crippen molar-refractivity contribution in [2.24, 2.45) is 11.8 Å².